The van der Waals surface area contributed by atoms with Crippen molar-refractivity contribution in [1.29, 1.82) is 0 Å². The van der Waals surface area contributed by atoms with E-state index >= 15 is 0 Å². The molecular formula is C15H18N2S2. The second-order valence-electron chi connectivity index (χ2n) is 4.84. The summed E-state index contributed by atoms with van der Waals surface area (Å²) in [6.45, 7) is 0.868. The summed E-state index contributed by atoms with van der Waals surface area (Å²) in [6.07, 6.45) is 7.47. The van der Waals surface area contributed by atoms with Crippen molar-refractivity contribution in [2.24, 2.45) is 0 Å². The lowest BCUT2D eigenvalue weighted by atomic mass is 10.3. The van der Waals surface area contributed by atoms with Crippen LogP contribution in [0.4, 0.5) is 5.69 Å². The Morgan fingerprint density at radius 2 is 2.11 bits per heavy atom. The summed E-state index contributed by atoms with van der Waals surface area (Å²) in [6, 6.07) is 8.65. The van der Waals surface area contributed by atoms with Crippen molar-refractivity contribution >= 4 is 28.8 Å². The Bertz CT molecular complexity index is 505. The van der Waals surface area contributed by atoms with Crippen molar-refractivity contribution in [1.82, 2.24) is 4.98 Å². The number of hydrogen-bond donors (Lipinski definition) is 1. The highest BCUT2D eigenvalue weighted by Crippen LogP contribution is 2.38. The third-order valence-electron chi connectivity index (χ3n) is 3.42. The molecular weight excluding hydrogens is 272 g/mol. The van der Waals surface area contributed by atoms with Gasteiger partial charge in [-0.25, -0.2) is 0 Å². The molecule has 1 aromatic heterocycles. The molecule has 0 radical (unpaired) electrons. The van der Waals surface area contributed by atoms with Crippen LogP contribution in [0, 0.1) is 0 Å². The van der Waals surface area contributed by atoms with E-state index in [1.807, 2.05) is 23.5 Å². The standard InChI is InChI=1S/C15H18N2S2/c1-2-6-12(5-1)19-15-8-4-3-7-14(15)17-10-13-9-16-11-18-13/h3-4,7-9,11-12,17H,1-2,5-6,10H2. The molecule has 19 heavy (non-hydrogen) atoms. The van der Waals surface area contributed by atoms with E-state index in [1.54, 1.807) is 11.3 Å². The Morgan fingerprint density at radius 1 is 1.26 bits per heavy atom. The van der Waals surface area contributed by atoms with Crippen LogP contribution >= 0.6 is 23.1 Å². The van der Waals surface area contributed by atoms with Crippen LogP contribution in [0.5, 0.6) is 0 Å². The van der Waals surface area contributed by atoms with Gasteiger partial charge in [0.05, 0.1) is 12.1 Å². The molecule has 1 heterocycles. The van der Waals surface area contributed by atoms with Crippen molar-refractivity contribution in [3.63, 3.8) is 0 Å². The topological polar surface area (TPSA) is 24.9 Å². The number of para-hydroxylation sites is 1. The Labute approximate surface area is 122 Å². The molecule has 2 aromatic rings. The first-order valence-electron chi connectivity index (χ1n) is 6.79. The molecule has 0 unspecified atom stereocenters. The van der Waals surface area contributed by atoms with Crippen LogP contribution in [0.25, 0.3) is 0 Å². The first-order chi connectivity index (χ1) is 9.42. The second-order valence-corrected chi connectivity index (χ2v) is 7.15. The number of benzene rings is 1. The van der Waals surface area contributed by atoms with Gasteiger partial charge in [0.25, 0.3) is 0 Å². The molecule has 4 heteroatoms. The molecule has 1 aliphatic rings. The molecule has 0 amide bonds. The van der Waals surface area contributed by atoms with E-state index in [-0.39, 0.29) is 0 Å². The minimum absolute atomic E-state index is 0.811. The van der Waals surface area contributed by atoms with E-state index < -0.39 is 0 Å². The van der Waals surface area contributed by atoms with E-state index in [9.17, 15) is 0 Å². The van der Waals surface area contributed by atoms with Crippen molar-refractivity contribution in [3.05, 3.63) is 40.8 Å². The van der Waals surface area contributed by atoms with Crippen LogP contribution in [0.15, 0.2) is 40.9 Å². The zero-order valence-corrected chi connectivity index (χ0v) is 12.5. The quantitative estimate of drug-likeness (QED) is 0.857. The third kappa shape index (κ3) is 3.51. The van der Waals surface area contributed by atoms with E-state index in [0.29, 0.717) is 0 Å². The number of rotatable bonds is 5. The molecule has 100 valence electrons. The number of thioether (sulfide) groups is 1. The molecule has 0 atom stereocenters. The average molecular weight is 290 g/mol. The summed E-state index contributed by atoms with van der Waals surface area (Å²) in [5.74, 6) is 0. The third-order valence-corrected chi connectivity index (χ3v) is 5.61. The van der Waals surface area contributed by atoms with Crippen LogP contribution in [-0.2, 0) is 6.54 Å². The lowest BCUT2D eigenvalue weighted by Gasteiger charge is -2.14. The van der Waals surface area contributed by atoms with Gasteiger partial charge in [-0.3, -0.25) is 4.98 Å². The summed E-state index contributed by atoms with van der Waals surface area (Å²) in [4.78, 5) is 6.78. The maximum atomic E-state index is 4.11. The van der Waals surface area contributed by atoms with Gasteiger partial charge in [-0.05, 0) is 25.0 Å². The number of thiazole rings is 1. The molecule has 0 bridgehead atoms. The van der Waals surface area contributed by atoms with Gasteiger partial charge in [-0.2, -0.15) is 0 Å². The molecule has 0 saturated heterocycles. The summed E-state index contributed by atoms with van der Waals surface area (Å²) in [5.41, 5.74) is 3.14. The lowest BCUT2D eigenvalue weighted by molar-refractivity contribution is 0.886. The lowest BCUT2D eigenvalue weighted by Crippen LogP contribution is -2.01. The fraction of sp³-hybridized carbons (Fsp3) is 0.400. The zero-order valence-electron chi connectivity index (χ0n) is 10.8. The van der Waals surface area contributed by atoms with Gasteiger partial charge in [0, 0.05) is 26.9 Å². The smallest absolute Gasteiger partial charge is 0.0794 e. The van der Waals surface area contributed by atoms with E-state index in [1.165, 1.54) is 41.1 Å². The number of nitrogens with one attached hydrogen (secondary N) is 1. The number of aromatic nitrogens is 1. The van der Waals surface area contributed by atoms with Gasteiger partial charge < -0.3 is 5.32 Å². The average Bonchev–Trinajstić information content (AvgIpc) is 3.10. The molecule has 3 rings (SSSR count). The minimum atomic E-state index is 0.811. The van der Waals surface area contributed by atoms with Crippen LogP contribution in [0.3, 0.4) is 0 Å². The number of anilines is 1. The molecule has 1 aromatic carbocycles. The van der Waals surface area contributed by atoms with Gasteiger partial charge in [0.15, 0.2) is 0 Å². The summed E-state index contributed by atoms with van der Waals surface area (Å²) in [5, 5.41) is 4.35. The van der Waals surface area contributed by atoms with Crippen molar-refractivity contribution in [2.75, 3.05) is 5.32 Å². The summed E-state index contributed by atoms with van der Waals surface area (Å²) < 4.78 is 0. The van der Waals surface area contributed by atoms with Crippen molar-refractivity contribution < 1.29 is 0 Å². The largest absolute Gasteiger partial charge is 0.379 e. The Hall–Kier alpha value is -1.000. The Kier molecular flexibility index (Phi) is 4.41. The minimum Gasteiger partial charge on any atom is -0.379 e. The van der Waals surface area contributed by atoms with E-state index in [4.69, 9.17) is 0 Å². The summed E-state index contributed by atoms with van der Waals surface area (Å²) in [7, 11) is 0. The highest BCUT2D eigenvalue weighted by molar-refractivity contribution is 8.00. The van der Waals surface area contributed by atoms with Gasteiger partial charge >= 0.3 is 0 Å². The van der Waals surface area contributed by atoms with Gasteiger partial charge in [-0.15, -0.1) is 23.1 Å². The molecule has 1 fully saturated rings. The number of hydrogen-bond acceptors (Lipinski definition) is 4. The zero-order chi connectivity index (χ0) is 12.9. The van der Waals surface area contributed by atoms with Crippen LogP contribution in [-0.4, -0.2) is 10.2 Å². The predicted molar refractivity (Wildman–Crippen MR) is 84.0 cm³/mol. The Balaban J connectivity index is 1.66. The molecule has 1 aliphatic carbocycles. The van der Waals surface area contributed by atoms with Gasteiger partial charge in [0.1, 0.15) is 0 Å². The molecule has 0 aliphatic heterocycles. The number of nitrogens with zero attached hydrogens (tertiary/aromatic N) is 1. The first kappa shape index (κ1) is 13.0. The van der Waals surface area contributed by atoms with E-state index in [2.05, 4.69) is 34.6 Å². The van der Waals surface area contributed by atoms with Crippen LogP contribution in [0.2, 0.25) is 0 Å². The van der Waals surface area contributed by atoms with Crippen molar-refractivity contribution in [2.45, 2.75) is 42.4 Å². The summed E-state index contributed by atoms with van der Waals surface area (Å²) >= 11 is 3.74. The second kappa shape index (κ2) is 6.44. The van der Waals surface area contributed by atoms with Crippen molar-refractivity contribution in [3.8, 4) is 0 Å². The molecule has 1 N–H and O–H groups in total. The van der Waals surface area contributed by atoms with E-state index in [0.717, 1.165) is 11.8 Å². The maximum Gasteiger partial charge on any atom is 0.0794 e. The predicted octanol–water partition coefficient (Wildman–Crippen LogP) is 4.79. The highest BCUT2D eigenvalue weighted by Gasteiger charge is 2.17. The molecule has 2 nitrogen and oxygen atoms in total. The fourth-order valence-electron chi connectivity index (χ4n) is 2.41. The van der Waals surface area contributed by atoms with Crippen LogP contribution in [0.1, 0.15) is 30.6 Å². The fourth-order valence-corrected chi connectivity index (χ4v) is 4.30. The Morgan fingerprint density at radius 3 is 2.89 bits per heavy atom. The highest BCUT2D eigenvalue weighted by atomic mass is 32.2. The monoisotopic (exact) mass is 290 g/mol. The van der Waals surface area contributed by atoms with Gasteiger partial charge in [0.2, 0.25) is 0 Å². The van der Waals surface area contributed by atoms with Crippen LogP contribution < -0.4 is 5.32 Å². The normalized spacial score (nSPS) is 15.8. The first-order valence-corrected chi connectivity index (χ1v) is 8.54. The molecule has 1 saturated carbocycles. The SMILES string of the molecule is c1ccc(SC2CCCC2)c(NCc2cncs2)c1. The maximum absolute atomic E-state index is 4.11. The molecule has 0 spiro atoms. The van der Waals surface area contributed by atoms with Gasteiger partial charge in [-0.1, -0.05) is 25.0 Å².